The molecular weight excluding hydrogens is 196 g/mol. The van der Waals surface area contributed by atoms with Gasteiger partial charge in [0.05, 0.1) is 14.2 Å². The van der Waals surface area contributed by atoms with Crippen LogP contribution in [0.15, 0.2) is 12.2 Å². The third-order valence-electron chi connectivity index (χ3n) is 3.54. The summed E-state index contributed by atoms with van der Waals surface area (Å²) in [6, 6.07) is 0. The number of carbonyl (C=O) groups is 2. The van der Waals surface area contributed by atoms with E-state index >= 15 is 0 Å². The quantitative estimate of drug-likeness (QED) is 0.386. The van der Waals surface area contributed by atoms with Crippen LogP contribution in [-0.4, -0.2) is 26.2 Å². The number of hydrogen-bond acceptors (Lipinski definition) is 4. The van der Waals surface area contributed by atoms with Gasteiger partial charge in [-0.1, -0.05) is 12.2 Å². The van der Waals surface area contributed by atoms with Crippen molar-refractivity contribution in [3.63, 3.8) is 0 Å². The summed E-state index contributed by atoms with van der Waals surface area (Å²) in [7, 11) is 2.62. The molecule has 0 aromatic carbocycles. The molecule has 0 bridgehead atoms. The van der Waals surface area contributed by atoms with Crippen molar-refractivity contribution in [2.75, 3.05) is 14.2 Å². The Morgan fingerprint density at radius 2 is 1.47 bits per heavy atom. The second-order valence-electron chi connectivity index (χ2n) is 4.01. The molecule has 0 saturated heterocycles. The molecule has 0 amide bonds. The average Bonchev–Trinajstić information content (AvgIpc) is 2.97. The van der Waals surface area contributed by atoms with E-state index in [2.05, 4.69) is 0 Å². The van der Waals surface area contributed by atoms with Gasteiger partial charge in [-0.3, -0.25) is 9.59 Å². The van der Waals surface area contributed by atoms with Crippen molar-refractivity contribution < 1.29 is 19.1 Å². The molecule has 2 aliphatic rings. The first-order chi connectivity index (χ1) is 7.19. The van der Waals surface area contributed by atoms with Crippen molar-refractivity contribution in [1.82, 2.24) is 0 Å². The van der Waals surface area contributed by atoms with Crippen molar-refractivity contribution in [2.24, 2.45) is 17.3 Å². The minimum atomic E-state index is -1.02. The Morgan fingerprint density at radius 3 is 1.80 bits per heavy atom. The molecule has 0 radical (unpaired) electrons. The number of esters is 2. The van der Waals surface area contributed by atoms with Crippen LogP contribution < -0.4 is 0 Å². The molecule has 1 fully saturated rings. The van der Waals surface area contributed by atoms with Gasteiger partial charge in [-0.2, -0.15) is 0 Å². The molecule has 15 heavy (non-hydrogen) atoms. The molecule has 4 nitrogen and oxygen atoms in total. The molecular formula is C11H14O4. The summed E-state index contributed by atoms with van der Waals surface area (Å²) in [5.41, 5.74) is -1.02. The topological polar surface area (TPSA) is 52.6 Å². The highest BCUT2D eigenvalue weighted by molar-refractivity contribution is 6.04. The molecule has 0 spiro atoms. The fourth-order valence-electron chi connectivity index (χ4n) is 2.75. The van der Waals surface area contributed by atoms with Crippen LogP contribution in [0.4, 0.5) is 0 Å². The zero-order valence-corrected chi connectivity index (χ0v) is 8.86. The fraction of sp³-hybridized carbons (Fsp3) is 0.636. The maximum atomic E-state index is 11.7. The second kappa shape index (κ2) is 3.36. The Hall–Kier alpha value is -1.32. The molecule has 2 unspecified atom stereocenters. The van der Waals surface area contributed by atoms with Crippen molar-refractivity contribution in [3.8, 4) is 0 Å². The molecule has 0 aromatic heterocycles. The lowest BCUT2D eigenvalue weighted by molar-refractivity contribution is -0.162. The predicted octanol–water partition coefficient (Wildman–Crippen LogP) is 0.915. The van der Waals surface area contributed by atoms with E-state index in [9.17, 15) is 9.59 Å². The van der Waals surface area contributed by atoms with Crippen molar-refractivity contribution in [3.05, 3.63) is 12.2 Å². The maximum Gasteiger partial charge on any atom is 0.323 e. The highest BCUT2D eigenvalue weighted by atomic mass is 16.5. The normalized spacial score (nSPS) is 30.3. The SMILES string of the molecule is COC(=O)C1(C(=O)OC)C2CC=CCC21. The number of methoxy groups -OCH3 is 2. The molecule has 0 N–H and O–H groups in total. The molecule has 2 atom stereocenters. The molecule has 0 aromatic rings. The van der Waals surface area contributed by atoms with Crippen molar-refractivity contribution >= 4 is 11.9 Å². The minimum Gasteiger partial charge on any atom is -0.468 e. The third-order valence-corrected chi connectivity index (χ3v) is 3.54. The Bertz CT molecular complexity index is 299. The lowest BCUT2D eigenvalue weighted by Gasteiger charge is -2.12. The van der Waals surface area contributed by atoms with E-state index in [0.29, 0.717) is 0 Å². The molecule has 0 aliphatic heterocycles. The van der Waals surface area contributed by atoms with Gasteiger partial charge < -0.3 is 9.47 Å². The standard InChI is InChI=1S/C11H14O4/c1-14-9(12)11(10(13)15-2)7-5-3-4-6-8(7)11/h3-4,7-8H,5-6H2,1-2H3. The van der Waals surface area contributed by atoms with E-state index in [1.54, 1.807) is 0 Å². The summed E-state index contributed by atoms with van der Waals surface area (Å²) in [4.78, 5) is 23.4. The van der Waals surface area contributed by atoms with Gasteiger partial charge in [-0.05, 0) is 24.7 Å². The first-order valence-electron chi connectivity index (χ1n) is 5.01. The van der Waals surface area contributed by atoms with Crippen LogP contribution in [0.1, 0.15) is 12.8 Å². The fourth-order valence-corrected chi connectivity index (χ4v) is 2.75. The van der Waals surface area contributed by atoms with Gasteiger partial charge in [0.25, 0.3) is 0 Å². The van der Waals surface area contributed by atoms with E-state index in [1.165, 1.54) is 14.2 Å². The Morgan fingerprint density at radius 1 is 1.07 bits per heavy atom. The lowest BCUT2D eigenvalue weighted by atomic mass is 10.0. The van der Waals surface area contributed by atoms with Gasteiger partial charge >= 0.3 is 11.9 Å². The van der Waals surface area contributed by atoms with Crippen LogP contribution in [0.5, 0.6) is 0 Å². The first-order valence-corrected chi connectivity index (χ1v) is 5.01. The molecule has 0 heterocycles. The zero-order valence-electron chi connectivity index (χ0n) is 8.86. The van der Waals surface area contributed by atoms with E-state index in [4.69, 9.17) is 9.47 Å². The van der Waals surface area contributed by atoms with Crippen LogP contribution >= 0.6 is 0 Å². The first kappa shape index (κ1) is 10.2. The number of fused-ring (bicyclic) bond motifs is 1. The number of hydrogen-bond donors (Lipinski definition) is 0. The Kier molecular flexibility index (Phi) is 2.29. The van der Waals surface area contributed by atoms with Crippen LogP contribution in [0.2, 0.25) is 0 Å². The molecule has 2 rings (SSSR count). The van der Waals surface area contributed by atoms with Gasteiger partial charge in [-0.25, -0.2) is 0 Å². The smallest absolute Gasteiger partial charge is 0.323 e. The lowest BCUT2D eigenvalue weighted by Crippen LogP contribution is -2.31. The van der Waals surface area contributed by atoms with Gasteiger partial charge in [0.15, 0.2) is 5.41 Å². The third kappa shape index (κ3) is 1.14. The Balaban J connectivity index is 2.28. The summed E-state index contributed by atoms with van der Waals surface area (Å²) in [6.07, 6.45) is 5.54. The second-order valence-corrected chi connectivity index (χ2v) is 4.01. The summed E-state index contributed by atoms with van der Waals surface area (Å²) < 4.78 is 9.45. The highest BCUT2D eigenvalue weighted by Crippen LogP contribution is 2.65. The highest BCUT2D eigenvalue weighted by Gasteiger charge is 2.75. The van der Waals surface area contributed by atoms with E-state index < -0.39 is 17.4 Å². The van der Waals surface area contributed by atoms with Crippen LogP contribution in [0.25, 0.3) is 0 Å². The molecule has 4 heteroatoms. The monoisotopic (exact) mass is 210 g/mol. The van der Waals surface area contributed by atoms with E-state index in [-0.39, 0.29) is 11.8 Å². The number of rotatable bonds is 2. The average molecular weight is 210 g/mol. The summed E-state index contributed by atoms with van der Waals surface area (Å²) in [5.74, 6) is -0.758. The summed E-state index contributed by atoms with van der Waals surface area (Å²) in [5, 5.41) is 0. The minimum absolute atomic E-state index is 0.0717. The van der Waals surface area contributed by atoms with Crippen molar-refractivity contribution in [2.45, 2.75) is 12.8 Å². The summed E-state index contributed by atoms with van der Waals surface area (Å²) >= 11 is 0. The largest absolute Gasteiger partial charge is 0.468 e. The van der Waals surface area contributed by atoms with E-state index in [0.717, 1.165) is 12.8 Å². The number of ether oxygens (including phenoxy) is 2. The van der Waals surface area contributed by atoms with Crippen LogP contribution in [0.3, 0.4) is 0 Å². The zero-order chi connectivity index (χ0) is 11.1. The number of carbonyl (C=O) groups excluding carboxylic acids is 2. The number of allylic oxidation sites excluding steroid dienone is 2. The van der Waals surface area contributed by atoms with E-state index in [1.807, 2.05) is 12.2 Å². The Labute approximate surface area is 88.2 Å². The van der Waals surface area contributed by atoms with Gasteiger partial charge in [0.1, 0.15) is 0 Å². The maximum absolute atomic E-state index is 11.7. The molecule has 2 aliphatic carbocycles. The van der Waals surface area contributed by atoms with Gasteiger partial charge in [-0.15, -0.1) is 0 Å². The molecule has 82 valence electrons. The summed E-state index contributed by atoms with van der Waals surface area (Å²) in [6.45, 7) is 0. The van der Waals surface area contributed by atoms with Gasteiger partial charge in [0, 0.05) is 0 Å². The molecule has 1 saturated carbocycles. The van der Waals surface area contributed by atoms with Crippen molar-refractivity contribution in [1.29, 1.82) is 0 Å². The predicted molar refractivity (Wildman–Crippen MR) is 51.8 cm³/mol. The van der Waals surface area contributed by atoms with Crippen LogP contribution in [0, 0.1) is 17.3 Å². The van der Waals surface area contributed by atoms with Crippen LogP contribution in [-0.2, 0) is 19.1 Å². The van der Waals surface area contributed by atoms with Gasteiger partial charge in [0.2, 0.25) is 0 Å².